The Morgan fingerprint density at radius 2 is 1.59 bits per heavy atom. The number of urea groups is 1. The third kappa shape index (κ3) is 5.82. The molecule has 1 aromatic heterocycles. The molecule has 3 amide bonds. The molecule has 0 saturated heterocycles. The summed E-state index contributed by atoms with van der Waals surface area (Å²) in [6, 6.07) is 8.90. The second kappa shape index (κ2) is 9.64. The number of rotatable bonds is 4. The molecular formula is C20H11Cl3F3N3O3. The normalized spacial score (nSPS) is 11.1. The van der Waals surface area contributed by atoms with Gasteiger partial charge in [-0.05, 0) is 36.4 Å². The number of carbonyl (C=O) groups is 2. The van der Waals surface area contributed by atoms with Gasteiger partial charge in [-0.15, -0.1) is 0 Å². The number of halogens is 6. The molecule has 0 spiro atoms. The molecule has 0 atom stereocenters. The van der Waals surface area contributed by atoms with Gasteiger partial charge in [0.2, 0.25) is 5.88 Å². The highest BCUT2D eigenvalue weighted by Gasteiger charge is 2.30. The minimum absolute atomic E-state index is 0.0589. The number of nitrogens with one attached hydrogen (secondary N) is 2. The summed E-state index contributed by atoms with van der Waals surface area (Å²) < 4.78 is 43.8. The molecule has 166 valence electrons. The van der Waals surface area contributed by atoms with Crippen molar-refractivity contribution in [2.24, 2.45) is 0 Å². The minimum Gasteiger partial charge on any atom is -0.438 e. The van der Waals surface area contributed by atoms with Crippen LogP contribution in [0.5, 0.6) is 11.6 Å². The predicted octanol–water partition coefficient (Wildman–Crippen LogP) is 6.81. The molecule has 6 nitrogen and oxygen atoms in total. The van der Waals surface area contributed by atoms with E-state index in [0.717, 1.165) is 18.3 Å². The maximum absolute atomic E-state index is 12.8. The summed E-state index contributed by atoms with van der Waals surface area (Å²) in [6.07, 6.45) is -3.40. The number of alkyl halides is 3. The van der Waals surface area contributed by atoms with Gasteiger partial charge in [0, 0.05) is 0 Å². The predicted molar refractivity (Wildman–Crippen MR) is 114 cm³/mol. The molecule has 0 radical (unpaired) electrons. The van der Waals surface area contributed by atoms with Crippen LogP contribution in [-0.2, 0) is 6.18 Å². The molecule has 0 fully saturated rings. The first-order chi connectivity index (χ1) is 15.0. The van der Waals surface area contributed by atoms with Crippen molar-refractivity contribution in [2.45, 2.75) is 6.18 Å². The minimum atomic E-state index is -4.54. The second-order valence-electron chi connectivity index (χ2n) is 6.14. The van der Waals surface area contributed by atoms with Crippen LogP contribution in [0.15, 0.2) is 54.7 Å². The van der Waals surface area contributed by atoms with Gasteiger partial charge >= 0.3 is 12.2 Å². The first-order valence-electron chi connectivity index (χ1n) is 8.61. The van der Waals surface area contributed by atoms with Crippen LogP contribution >= 0.6 is 34.8 Å². The van der Waals surface area contributed by atoms with E-state index in [-0.39, 0.29) is 37.9 Å². The lowest BCUT2D eigenvalue weighted by molar-refractivity contribution is -0.137. The van der Waals surface area contributed by atoms with Gasteiger partial charge in [-0.1, -0.05) is 46.9 Å². The van der Waals surface area contributed by atoms with Crippen LogP contribution in [0.4, 0.5) is 23.7 Å². The van der Waals surface area contributed by atoms with Gasteiger partial charge in [0.05, 0.1) is 33.1 Å². The average molecular weight is 505 g/mol. The SMILES string of the molecule is O=C(NC(=O)c1c(Cl)cccc1Cl)Nc1cnc(Oc2cccc(C(F)(F)F)c2)c(Cl)c1. The van der Waals surface area contributed by atoms with Crippen molar-refractivity contribution < 1.29 is 27.5 Å². The molecule has 0 unspecified atom stereocenters. The van der Waals surface area contributed by atoms with Crippen molar-refractivity contribution in [3.8, 4) is 11.6 Å². The second-order valence-corrected chi connectivity index (χ2v) is 7.37. The van der Waals surface area contributed by atoms with Gasteiger partial charge < -0.3 is 10.1 Å². The third-order valence-electron chi connectivity index (χ3n) is 3.86. The Kier molecular flexibility index (Phi) is 7.12. The Morgan fingerprint density at radius 3 is 2.22 bits per heavy atom. The Hall–Kier alpha value is -3.01. The number of anilines is 1. The van der Waals surface area contributed by atoms with Gasteiger partial charge in [0.1, 0.15) is 10.8 Å². The number of hydrogen-bond donors (Lipinski definition) is 2. The molecule has 2 N–H and O–H groups in total. The van der Waals surface area contributed by atoms with Gasteiger partial charge in [-0.3, -0.25) is 10.1 Å². The van der Waals surface area contributed by atoms with Crippen molar-refractivity contribution in [2.75, 3.05) is 5.32 Å². The van der Waals surface area contributed by atoms with Crippen LogP contribution < -0.4 is 15.4 Å². The number of imide groups is 1. The molecule has 0 aliphatic carbocycles. The molecule has 0 aliphatic heterocycles. The van der Waals surface area contributed by atoms with E-state index in [1.54, 1.807) is 0 Å². The fraction of sp³-hybridized carbons (Fsp3) is 0.0500. The zero-order chi connectivity index (χ0) is 23.5. The summed E-state index contributed by atoms with van der Waals surface area (Å²) >= 11 is 17.9. The number of carbonyl (C=O) groups excluding carboxylic acids is 2. The molecule has 0 aliphatic rings. The van der Waals surface area contributed by atoms with Gasteiger partial charge in [0.25, 0.3) is 5.91 Å². The van der Waals surface area contributed by atoms with E-state index in [9.17, 15) is 22.8 Å². The first kappa shape index (κ1) is 23.6. The lowest BCUT2D eigenvalue weighted by atomic mass is 10.2. The average Bonchev–Trinajstić information content (AvgIpc) is 2.69. The summed E-state index contributed by atoms with van der Waals surface area (Å²) in [7, 11) is 0. The van der Waals surface area contributed by atoms with E-state index in [2.05, 4.69) is 15.6 Å². The fourth-order valence-electron chi connectivity index (χ4n) is 2.46. The van der Waals surface area contributed by atoms with Crippen LogP contribution in [0.25, 0.3) is 0 Å². The largest absolute Gasteiger partial charge is 0.438 e. The van der Waals surface area contributed by atoms with Gasteiger partial charge in [0.15, 0.2) is 0 Å². The fourth-order valence-corrected chi connectivity index (χ4v) is 3.23. The zero-order valence-corrected chi connectivity index (χ0v) is 17.9. The van der Waals surface area contributed by atoms with E-state index in [1.165, 1.54) is 36.4 Å². The molecule has 32 heavy (non-hydrogen) atoms. The number of amides is 3. The highest BCUT2D eigenvalue weighted by Crippen LogP contribution is 2.34. The van der Waals surface area contributed by atoms with Crippen LogP contribution in [0.2, 0.25) is 15.1 Å². The van der Waals surface area contributed by atoms with Crippen molar-refractivity contribution in [3.05, 3.63) is 80.9 Å². The summed E-state index contributed by atoms with van der Waals surface area (Å²) in [6.45, 7) is 0. The molecular weight excluding hydrogens is 494 g/mol. The van der Waals surface area contributed by atoms with E-state index < -0.39 is 23.7 Å². The maximum Gasteiger partial charge on any atom is 0.416 e. The lowest BCUT2D eigenvalue weighted by Crippen LogP contribution is -2.34. The Bertz CT molecular complexity index is 1170. The summed E-state index contributed by atoms with van der Waals surface area (Å²) in [5, 5.41) is 4.41. The maximum atomic E-state index is 12.8. The number of benzene rings is 2. The Labute approximate surface area is 194 Å². The van der Waals surface area contributed by atoms with Crippen LogP contribution in [0, 0.1) is 0 Å². The van der Waals surface area contributed by atoms with Crippen LogP contribution in [0.3, 0.4) is 0 Å². The monoisotopic (exact) mass is 503 g/mol. The highest BCUT2D eigenvalue weighted by atomic mass is 35.5. The van der Waals surface area contributed by atoms with Gasteiger partial charge in [-0.2, -0.15) is 13.2 Å². The highest BCUT2D eigenvalue weighted by molar-refractivity contribution is 6.40. The molecule has 3 rings (SSSR count). The van der Waals surface area contributed by atoms with Gasteiger partial charge in [-0.25, -0.2) is 9.78 Å². The molecule has 12 heteroatoms. The quantitative estimate of drug-likeness (QED) is 0.409. The first-order valence-corrected chi connectivity index (χ1v) is 9.75. The van der Waals surface area contributed by atoms with Crippen molar-refractivity contribution in [3.63, 3.8) is 0 Å². The molecule has 0 bridgehead atoms. The van der Waals surface area contributed by atoms with Crippen molar-refractivity contribution >= 4 is 52.4 Å². The van der Waals surface area contributed by atoms with Crippen LogP contribution in [0.1, 0.15) is 15.9 Å². The van der Waals surface area contributed by atoms with Crippen molar-refractivity contribution in [1.82, 2.24) is 10.3 Å². The number of hydrogen-bond acceptors (Lipinski definition) is 4. The Morgan fingerprint density at radius 1 is 0.938 bits per heavy atom. The number of aromatic nitrogens is 1. The Balaban J connectivity index is 1.68. The van der Waals surface area contributed by atoms with E-state index in [1.807, 2.05) is 0 Å². The smallest absolute Gasteiger partial charge is 0.416 e. The number of nitrogens with zero attached hydrogens (tertiary/aromatic N) is 1. The molecule has 0 saturated carbocycles. The van der Waals surface area contributed by atoms with Crippen molar-refractivity contribution in [1.29, 1.82) is 0 Å². The standard InChI is InChI=1S/C20H11Cl3F3N3O3/c21-13-5-2-6-14(22)16(13)17(30)29-19(31)28-11-8-15(23)18(27-9-11)32-12-4-1-3-10(7-12)20(24,25)26/h1-9H,(H2,28,29,30,31). The topological polar surface area (TPSA) is 80.3 Å². The summed E-state index contributed by atoms with van der Waals surface area (Å²) in [4.78, 5) is 28.2. The van der Waals surface area contributed by atoms with Crippen LogP contribution in [-0.4, -0.2) is 16.9 Å². The van der Waals surface area contributed by atoms with E-state index in [0.29, 0.717) is 0 Å². The number of pyridine rings is 1. The molecule has 3 aromatic rings. The number of ether oxygens (including phenoxy) is 1. The van der Waals surface area contributed by atoms with E-state index >= 15 is 0 Å². The summed E-state index contributed by atoms with van der Waals surface area (Å²) in [5.74, 6) is -1.15. The molecule has 2 aromatic carbocycles. The van der Waals surface area contributed by atoms with E-state index in [4.69, 9.17) is 39.5 Å². The summed E-state index contributed by atoms with van der Waals surface area (Å²) in [5.41, 5.74) is -0.890. The zero-order valence-electron chi connectivity index (χ0n) is 15.6. The lowest BCUT2D eigenvalue weighted by Gasteiger charge is -2.12. The third-order valence-corrected chi connectivity index (χ3v) is 4.76. The molecule has 1 heterocycles.